The second-order valence-electron chi connectivity index (χ2n) is 11.8. The molecule has 0 fully saturated rings. The number of phenolic OH excluding ortho intramolecular Hbond substituents is 2. The number of para-hydroxylation sites is 4. The molecule has 0 aliphatic rings. The molecular formula is C36H30N6O10. The van der Waals surface area contributed by atoms with Crippen molar-refractivity contribution in [1.82, 2.24) is 19.9 Å². The van der Waals surface area contributed by atoms with Crippen LogP contribution in [-0.4, -0.2) is 51.9 Å². The molecule has 0 amide bonds. The SMILES string of the molecule is CC(C)C(=O)Oc1cc(-c2cnc3ccccc3n2)cc([N+](=O)[O-])c1OC(=O)C(C)C.O=[N+]([O-])c1cc(-c2cnc3ccccc3n2)cc(O)c1O. The van der Waals surface area contributed by atoms with E-state index in [-0.39, 0.29) is 5.75 Å². The van der Waals surface area contributed by atoms with Crippen LogP contribution in [0.25, 0.3) is 44.6 Å². The van der Waals surface area contributed by atoms with Crippen LogP contribution in [0.1, 0.15) is 27.7 Å². The maximum absolute atomic E-state index is 12.2. The number of ether oxygens (including phenoxy) is 2. The first-order valence-electron chi connectivity index (χ1n) is 15.6. The van der Waals surface area contributed by atoms with Crippen molar-refractivity contribution < 1.29 is 39.1 Å². The van der Waals surface area contributed by atoms with Crippen molar-refractivity contribution in [1.29, 1.82) is 0 Å². The van der Waals surface area contributed by atoms with Crippen molar-refractivity contribution in [2.45, 2.75) is 27.7 Å². The van der Waals surface area contributed by atoms with Crippen molar-refractivity contribution in [3.8, 4) is 45.5 Å². The van der Waals surface area contributed by atoms with Gasteiger partial charge >= 0.3 is 23.3 Å². The summed E-state index contributed by atoms with van der Waals surface area (Å²) < 4.78 is 10.6. The average Bonchev–Trinajstić information content (AvgIpc) is 3.12. The summed E-state index contributed by atoms with van der Waals surface area (Å²) in [6, 6.07) is 19.3. The number of carbonyl (C=O) groups is 2. The van der Waals surface area contributed by atoms with E-state index in [0.717, 1.165) is 6.07 Å². The molecule has 2 N–H and O–H groups in total. The van der Waals surface area contributed by atoms with E-state index in [1.165, 1.54) is 30.6 Å². The molecule has 2 aromatic heterocycles. The lowest BCUT2D eigenvalue weighted by Gasteiger charge is -2.14. The molecule has 52 heavy (non-hydrogen) atoms. The number of esters is 2. The summed E-state index contributed by atoms with van der Waals surface area (Å²) in [5.41, 5.74) is 2.78. The first-order chi connectivity index (χ1) is 24.7. The van der Waals surface area contributed by atoms with Gasteiger partial charge < -0.3 is 19.7 Å². The minimum absolute atomic E-state index is 0.230. The van der Waals surface area contributed by atoms with Crippen LogP contribution < -0.4 is 9.47 Å². The average molecular weight is 707 g/mol. The Balaban J connectivity index is 0.000000216. The number of nitrogens with zero attached hydrogens (tertiary/aromatic N) is 6. The van der Waals surface area contributed by atoms with Gasteiger partial charge in [-0.3, -0.25) is 39.8 Å². The lowest BCUT2D eigenvalue weighted by molar-refractivity contribution is -0.386. The van der Waals surface area contributed by atoms with Crippen LogP contribution in [0, 0.1) is 32.1 Å². The molecule has 0 unspecified atom stereocenters. The van der Waals surface area contributed by atoms with Crippen LogP contribution >= 0.6 is 0 Å². The maximum atomic E-state index is 12.2. The quantitative estimate of drug-likeness (QED) is 0.0536. The van der Waals surface area contributed by atoms with Gasteiger partial charge in [0.05, 0.1) is 67.5 Å². The molecule has 6 rings (SSSR count). The highest BCUT2D eigenvalue weighted by Crippen LogP contribution is 2.42. The molecule has 0 saturated heterocycles. The van der Waals surface area contributed by atoms with Crippen molar-refractivity contribution in [3.63, 3.8) is 0 Å². The molecule has 16 nitrogen and oxygen atoms in total. The first-order valence-corrected chi connectivity index (χ1v) is 15.6. The molecule has 0 atom stereocenters. The van der Waals surface area contributed by atoms with Gasteiger partial charge in [-0.05, 0) is 36.4 Å². The van der Waals surface area contributed by atoms with E-state index in [1.807, 2.05) is 12.1 Å². The molecule has 0 saturated carbocycles. The Morgan fingerprint density at radius 3 is 1.58 bits per heavy atom. The minimum Gasteiger partial charge on any atom is -0.504 e. The zero-order valence-corrected chi connectivity index (χ0v) is 28.1. The Kier molecular flexibility index (Phi) is 10.6. The Morgan fingerprint density at radius 2 is 1.10 bits per heavy atom. The number of nitro groups is 2. The predicted octanol–water partition coefficient (Wildman–Crippen LogP) is 6.94. The molecule has 0 radical (unpaired) electrons. The highest BCUT2D eigenvalue weighted by atomic mass is 16.6. The highest BCUT2D eigenvalue weighted by molar-refractivity contribution is 5.84. The Bertz CT molecular complexity index is 2360. The van der Waals surface area contributed by atoms with Gasteiger partial charge in [-0.1, -0.05) is 52.0 Å². The second-order valence-corrected chi connectivity index (χ2v) is 11.8. The Labute approximate surface area is 294 Å². The summed E-state index contributed by atoms with van der Waals surface area (Å²) in [5, 5.41) is 41.7. The Morgan fingerprint density at radius 1 is 0.654 bits per heavy atom. The van der Waals surface area contributed by atoms with Gasteiger partial charge in [-0.15, -0.1) is 0 Å². The number of phenols is 2. The monoisotopic (exact) mass is 706 g/mol. The zero-order chi connectivity index (χ0) is 37.7. The van der Waals surface area contributed by atoms with E-state index in [9.17, 15) is 40.0 Å². The standard InChI is InChI=1S/C22H21N3O6.C14H9N3O4/c1-12(2)21(26)30-19-10-14(17-11-23-15-7-5-6-8-16(15)24-17)9-18(25(28)29)20(19)31-22(27)13(3)4;18-13-6-8(5-12(14(13)19)17(20)21)11-7-15-9-3-1-2-4-10(9)16-11/h5-13H,1-4H3;1-7,18-19H. The number of benzene rings is 4. The van der Waals surface area contributed by atoms with Crippen LogP contribution in [0.5, 0.6) is 23.0 Å². The topological polar surface area (TPSA) is 231 Å². The van der Waals surface area contributed by atoms with Gasteiger partial charge in [0, 0.05) is 23.3 Å². The normalized spacial score (nSPS) is 10.9. The summed E-state index contributed by atoms with van der Waals surface area (Å²) in [7, 11) is 0. The van der Waals surface area contributed by atoms with Crippen LogP contribution in [0.15, 0.2) is 85.2 Å². The molecule has 16 heteroatoms. The van der Waals surface area contributed by atoms with E-state index in [1.54, 1.807) is 64.1 Å². The fourth-order valence-corrected chi connectivity index (χ4v) is 4.58. The number of hydrogen-bond donors (Lipinski definition) is 2. The summed E-state index contributed by atoms with van der Waals surface area (Å²) in [6.45, 7) is 6.42. The molecule has 0 spiro atoms. The van der Waals surface area contributed by atoms with Gasteiger partial charge in [-0.2, -0.15) is 0 Å². The molecule has 0 aliphatic carbocycles. The van der Waals surface area contributed by atoms with E-state index >= 15 is 0 Å². The zero-order valence-electron chi connectivity index (χ0n) is 28.1. The third-order valence-corrected chi connectivity index (χ3v) is 7.34. The number of fused-ring (bicyclic) bond motifs is 2. The number of aromatic hydroxyl groups is 2. The highest BCUT2D eigenvalue weighted by Gasteiger charge is 2.29. The number of carbonyl (C=O) groups excluding carboxylic acids is 2. The van der Waals surface area contributed by atoms with Gasteiger partial charge in [-0.25, -0.2) is 9.97 Å². The molecular weight excluding hydrogens is 676 g/mol. The molecule has 2 heterocycles. The van der Waals surface area contributed by atoms with E-state index in [2.05, 4.69) is 19.9 Å². The van der Waals surface area contributed by atoms with E-state index in [4.69, 9.17) is 9.47 Å². The minimum atomic E-state index is -0.771. The van der Waals surface area contributed by atoms with Gasteiger partial charge in [0.15, 0.2) is 11.5 Å². The second kappa shape index (κ2) is 15.2. The first kappa shape index (κ1) is 36.2. The summed E-state index contributed by atoms with van der Waals surface area (Å²) in [6.07, 6.45) is 2.92. The third kappa shape index (κ3) is 8.02. The van der Waals surface area contributed by atoms with E-state index in [0.29, 0.717) is 44.6 Å². The van der Waals surface area contributed by atoms with E-state index < -0.39 is 62.2 Å². The summed E-state index contributed by atoms with van der Waals surface area (Å²) >= 11 is 0. The Hall–Kier alpha value is -7.10. The van der Waals surface area contributed by atoms with Gasteiger partial charge in [0.25, 0.3) is 5.75 Å². The molecule has 0 aliphatic heterocycles. The number of nitro benzene ring substituents is 2. The maximum Gasteiger partial charge on any atom is 0.316 e. The smallest absolute Gasteiger partial charge is 0.316 e. The number of rotatable bonds is 8. The molecule has 4 aromatic carbocycles. The van der Waals surface area contributed by atoms with Crippen LogP contribution in [0.2, 0.25) is 0 Å². The molecule has 6 aromatic rings. The van der Waals surface area contributed by atoms with Crippen LogP contribution in [0.3, 0.4) is 0 Å². The van der Waals surface area contributed by atoms with Crippen molar-refractivity contribution in [2.75, 3.05) is 0 Å². The lowest BCUT2D eigenvalue weighted by atomic mass is 10.1. The van der Waals surface area contributed by atoms with Gasteiger partial charge in [0.1, 0.15) is 0 Å². The summed E-state index contributed by atoms with van der Waals surface area (Å²) in [4.78, 5) is 62.9. The predicted molar refractivity (Wildman–Crippen MR) is 188 cm³/mol. The number of aromatic nitrogens is 4. The van der Waals surface area contributed by atoms with Crippen molar-refractivity contribution in [3.05, 3.63) is 105 Å². The fraction of sp³-hybridized carbons (Fsp3) is 0.167. The third-order valence-electron chi connectivity index (χ3n) is 7.34. The largest absolute Gasteiger partial charge is 0.504 e. The van der Waals surface area contributed by atoms with Crippen LogP contribution in [-0.2, 0) is 9.59 Å². The fourth-order valence-electron chi connectivity index (χ4n) is 4.58. The lowest BCUT2D eigenvalue weighted by Crippen LogP contribution is -2.19. The van der Waals surface area contributed by atoms with Crippen molar-refractivity contribution >= 4 is 45.4 Å². The van der Waals surface area contributed by atoms with Crippen LogP contribution in [0.4, 0.5) is 11.4 Å². The molecule has 0 bridgehead atoms. The molecule has 264 valence electrons. The number of hydrogen-bond acceptors (Lipinski definition) is 14. The van der Waals surface area contributed by atoms with Crippen molar-refractivity contribution in [2.24, 2.45) is 11.8 Å². The summed E-state index contributed by atoms with van der Waals surface area (Å²) in [5.74, 6) is -4.36. The van der Waals surface area contributed by atoms with Gasteiger partial charge in [0.2, 0.25) is 5.75 Å².